The quantitative estimate of drug-likeness (QED) is 0.0414. The number of ketones is 1. The van der Waals surface area contributed by atoms with Gasteiger partial charge in [0.15, 0.2) is 37.7 Å². The smallest absolute Gasteiger partial charge is 0.394 e. The molecule has 0 amide bonds. The van der Waals surface area contributed by atoms with E-state index in [-0.39, 0.29) is 54.6 Å². The first-order valence-electron chi connectivity index (χ1n) is 33.7. The lowest BCUT2D eigenvalue weighted by Crippen LogP contribution is -2.67. The van der Waals surface area contributed by atoms with Crippen LogP contribution in [-0.4, -0.2) is 305 Å². The van der Waals surface area contributed by atoms with Crippen LogP contribution < -0.4 is 0 Å². The van der Waals surface area contributed by atoms with E-state index in [0.29, 0.717) is 32.1 Å². The van der Waals surface area contributed by atoms with Crippen molar-refractivity contribution in [3.05, 3.63) is 11.6 Å². The predicted octanol–water partition coefficient (Wildman–Crippen LogP) is -3.58. The topological polar surface area (TPSA) is 495 Å². The maximum Gasteiger partial charge on any atom is 0.397 e. The van der Waals surface area contributed by atoms with Gasteiger partial charge < -0.3 is 133 Å². The normalized spacial score (nSPS) is 51.9. The van der Waals surface area contributed by atoms with Crippen molar-refractivity contribution in [2.45, 2.75) is 317 Å². The number of Topliss-reactive ketones (excluding diaryl/α,β-unsaturated/α-hetero) is 1. The fourth-order valence-corrected chi connectivity index (χ4v) is 17.7. The second kappa shape index (κ2) is 29.7. The van der Waals surface area contributed by atoms with Gasteiger partial charge in [-0.2, -0.15) is 8.42 Å². The Morgan fingerprint density at radius 1 is 0.573 bits per heavy atom. The van der Waals surface area contributed by atoms with E-state index in [4.69, 9.17) is 61.0 Å². The number of hydrogen-bond acceptors (Lipinski definition) is 31. The molecule has 6 saturated heterocycles. The van der Waals surface area contributed by atoms with Crippen LogP contribution in [0, 0.1) is 46.3 Å². The van der Waals surface area contributed by atoms with Crippen LogP contribution in [0.5, 0.6) is 0 Å². The van der Waals surface area contributed by atoms with Gasteiger partial charge in [0.05, 0.1) is 55.4 Å². The van der Waals surface area contributed by atoms with Crippen molar-refractivity contribution in [3.8, 4) is 0 Å². The lowest BCUT2D eigenvalue weighted by Gasteiger charge is -2.60. The van der Waals surface area contributed by atoms with Crippen molar-refractivity contribution in [1.29, 1.82) is 0 Å². The van der Waals surface area contributed by atoms with E-state index in [1.54, 1.807) is 6.92 Å². The van der Waals surface area contributed by atoms with E-state index >= 15 is 0 Å². The van der Waals surface area contributed by atoms with Crippen LogP contribution in [0.1, 0.15) is 121 Å². The first kappa shape index (κ1) is 76.8. The second-order valence-corrected chi connectivity index (χ2v) is 30.9. The third kappa shape index (κ3) is 15.0. The fraction of sp³-hybridized carbons (Fsp3) is 0.952. The summed E-state index contributed by atoms with van der Waals surface area (Å²) >= 11 is 0. The molecule has 6 heterocycles. The number of aliphatic hydroxyl groups excluding tert-OH is 14. The minimum Gasteiger partial charge on any atom is -0.394 e. The molecule has 0 aromatic heterocycles. The van der Waals surface area contributed by atoms with E-state index in [9.17, 15) is 94.4 Å². The Morgan fingerprint density at radius 2 is 1.06 bits per heavy atom. The molecule has 3 saturated carbocycles. The number of rotatable bonds is 20. The molecule has 9 fully saturated rings. The predicted molar refractivity (Wildman–Crippen MR) is 321 cm³/mol. The summed E-state index contributed by atoms with van der Waals surface area (Å²) in [6.07, 6.45) is -47.3. The van der Waals surface area contributed by atoms with E-state index in [1.165, 1.54) is 27.7 Å². The molecule has 6 aliphatic heterocycles. The number of aliphatic hydroxyl groups is 15. The molecule has 0 spiro atoms. The van der Waals surface area contributed by atoms with E-state index < -0.39 is 236 Å². The minimum absolute atomic E-state index is 0.0171. The Morgan fingerprint density at radius 3 is 1.59 bits per heavy atom. The van der Waals surface area contributed by atoms with Crippen LogP contribution in [0.15, 0.2) is 11.6 Å². The molecular formula is C63H104O32S. The fourth-order valence-electron chi connectivity index (χ4n) is 17.2. The SMILES string of the molecule is CC(C)C(C)C(=O)C[C@@](C)(O)[C@H]1CC[C@H]2[C@@H]3C[C@H](OC4O[C@H](C)[C@@H](O)[C@H](OC5OC[C@@H](OC6O[C@H](CO)[C@H](O)[C@H](O)[C@H]6OC6O[C@H](C)[C@H](O)[C@H](OC7O[C@H](C)[C@H](O)[C@H](O)[C@H]7O)[C@H]6O)[C@H](O)[C@H]5OC5O[C@H](C)[C@@H](O)[C@H](O)[C@H]5O)[C@H]4O)[C@H]4C[C@@H](OS(=O)(=O)O)CC[C@]4(C)C3=CC[C@@]21C. The summed E-state index contributed by atoms with van der Waals surface area (Å²) in [5.74, 6) is -1.23. The second-order valence-electron chi connectivity index (χ2n) is 29.8. The number of carbonyl (C=O) groups excluding carboxylic acids is 1. The molecule has 4 aliphatic carbocycles. The number of fused-ring (bicyclic) bond motifs is 5. The Hall–Kier alpha value is -1.80. The van der Waals surface area contributed by atoms with Gasteiger partial charge in [0, 0.05) is 12.3 Å². The number of hydrogen-bond donors (Lipinski definition) is 16. The average molecular weight is 1410 g/mol. The monoisotopic (exact) mass is 1400 g/mol. The van der Waals surface area contributed by atoms with Gasteiger partial charge in [-0.15, -0.1) is 0 Å². The molecule has 10 rings (SSSR count). The molecule has 7 unspecified atom stereocenters. The summed E-state index contributed by atoms with van der Waals surface area (Å²) in [5, 5.41) is 170. The summed E-state index contributed by atoms with van der Waals surface area (Å²) in [6.45, 7) is 15.7. The van der Waals surface area contributed by atoms with E-state index in [2.05, 4.69) is 19.9 Å². The number of ether oxygens (including phenoxy) is 12. The summed E-state index contributed by atoms with van der Waals surface area (Å²) in [4.78, 5) is 13.6. The summed E-state index contributed by atoms with van der Waals surface area (Å²) in [7, 11) is -4.91. The van der Waals surface area contributed by atoms with Gasteiger partial charge in [-0.05, 0) is 120 Å². The van der Waals surface area contributed by atoms with Crippen LogP contribution in [0.2, 0.25) is 0 Å². The first-order chi connectivity index (χ1) is 44.8. The highest BCUT2D eigenvalue weighted by molar-refractivity contribution is 7.80. The Balaban J connectivity index is 0.905. The maximum absolute atomic E-state index is 13.6. The van der Waals surface area contributed by atoms with E-state index in [1.807, 2.05) is 20.8 Å². The molecule has 0 bridgehead atoms. The van der Waals surface area contributed by atoms with Crippen LogP contribution in [0.4, 0.5) is 0 Å². The van der Waals surface area contributed by atoms with Gasteiger partial charge in [-0.3, -0.25) is 9.35 Å². The highest BCUT2D eigenvalue weighted by Crippen LogP contribution is 2.67. The zero-order chi connectivity index (χ0) is 70.5. The molecule has 32 nitrogen and oxygen atoms in total. The van der Waals surface area contributed by atoms with Crippen molar-refractivity contribution in [3.63, 3.8) is 0 Å². The molecular weight excluding hydrogens is 1300 g/mol. The van der Waals surface area contributed by atoms with Gasteiger partial charge >= 0.3 is 10.4 Å². The molecule has 0 radical (unpaired) electrons. The minimum atomic E-state index is -4.91. The third-order valence-electron chi connectivity index (χ3n) is 23.2. The maximum atomic E-state index is 13.6. The van der Waals surface area contributed by atoms with Crippen molar-refractivity contribution in [1.82, 2.24) is 0 Å². The van der Waals surface area contributed by atoms with Gasteiger partial charge in [0.2, 0.25) is 0 Å². The molecule has 554 valence electrons. The summed E-state index contributed by atoms with van der Waals surface area (Å²) in [6, 6.07) is 0. The highest BCUT2D eigenvalue weighted by Gasteiger charge is 2.64. The molecule has 0 aromatic rings. The standard InChI is InChI=1S/C63H104O32S/c1-22(2)23(3)33(65)19-63(10,79)37-12-11-30-29-18-34(32-17-28(95-96(80,81)82)13-15-61(32,8)31(29)14-16-62(30,37)9)88-57-49(77)52(41(69)26(6)86-57)92-59-53(93-56-48(76)45(73)39(67)25(5)85-56)43(71)36(21-83-59)90-60-54(46(74)42(70)35(20-64)89-60)94-58-50(78)51(40(68)27(7)87-58)91-55-47(75)44(72)38(66)24(4)84-55/h14,22-30,32,34-60,64,66-79H,11-13,15-21H2,1-10H3,(H,80,81,82)/t23?,24-,25-,26-,27-,28+,29+,30+,32-,34+,35-,36-,37+,38+,39-,40+,41-,42+,43+,44+,45+,46+,47-,48-,49-,50-,51+,52+,53-,54-,55?,56?,57?,58?,59?,60?,61-,62+,63-/m1/s1. The third-order valence-corrected chi connectivity index (χ3v) is 23.7. The zero-order valence-electron chi connectivity index (χ0n) is 55.6. The van der Waals surface area contributed by atoms with Gasteiger partial charge in [0.1, 0.15) is 122 Å². The largest absolute Gasteiger partial charge is 0.397 e. The molecule has 33 heteroatoms. The van der Waals surface area contributed by atoms with Crippen LogP contribution >= 0.6 is 0 Å². The summed E-state index contributed by atoms with van der Waals surface area (Å²) < 4.78 is 113. The Bertz CT molecular complexity index is 2770. The lowest BCUT2D eigenvalue weighted by atomic mass is 9.47. The Labute approximate surface area is 557 Å². The van der Waals surface area contributed by atoms with Crippen molar-refractivity contribution in [2.24, 2.45) is 46.3 Å². The van der Waals surface area contributed by atoms with Crippen LogP contribution in [0.3, 0.4) is 0 Å². The lowest BCUT2D eigenvalue weighted by molar-refractivity contribution is -0.402. The summed E-state index contributed by atoms with van der Waals surface area (Å²) in [5.41, 5.74) is -1.38. The zero-order valence-corrected chi connectivity index (χ0v) is 56.4. The molecule has 96 heavy (non-hydrogen) atoms. The highest BCUT2D eigenvalue weighted by atomic mass is 32.3. The van der Waals surface area contributed by atoms with Gasteiger partial charge in [0.25, 0.3) is 0 Å². The van der Waals surface area contributed by atoms with Gasteiger partial charge in [-0.25, -0.2) is 4.18 Å². The van der Waals surface area contributed by atoms with Crippen LogP contribution in [-0.2, 0) is 76.2 Å². The van der Waals surface area contributed by atoms with Crippen molar-refractivity contribution >= 4 is 16.2 Å². The first-order valence-corrected chi connectivity index (χ1v) is 35.1. The molecule has 0 aromatic carbocycles. The number of allylic oxidation sites excluding steroid dienone is 2. The van der Waals surface area contributed by atoms with Crippen molar-refractivity contribution < 1.29 is 155 Å². The number of carbonyl (C=O) groups is 1. The molecule has 16 N–H and O–H groups in total. The van der Waals surface area contributed by atoms with Crippen LogP contribution in [0.25, 0.3) is 0 Å². The van der Waals surface area contributed by atoms with E-state index in [0.717, 1.165) is 5.57 Å². The molecule has 39 atom stereocenters. The average Bonchev–Trinajstić information content (AvgIpc) is 1.38. The van der Waals surface area contributed by atoms with Crippen molar-refractivity contribution in [2.75, 3.05) is 13.2 Å². The molecule has 10 aliphatic rings. The van der Waals surface area contributed by atoms with Gasteiger partial charge in [-0.1, -0.05) is 46.3 Å². The Kier molecular flexibility index (Phi) is 23.8.